The van der Waals surface area contributed by atoms with Crippen LogP contribution in [-0.4, -0.2) is 26.0 Å². The number of aryl methyl sites for hydroxylation is 1. The molecule has 0 bridgehead atoms. The Morgan fingerprint density at radius 3 is 2.29 bits per heavy atom. The Balaban J connectivity index is 2.26. The van der Waals surface area contributed by atoms with E-state index in [2.05, 4.69) is 0 Å². The topological polar surface area (TPSA) is 60.2 Å². The van der Waals surface area contributed by atoms with Gasteiger partial charge in [0, 0.05) is 11.7 Å². The van der Waals surface area contributed by atoms with Crippen molar-refractivity contribution in [2.75, 3.05) is 12.3 Å². The van der Waals surface area contributed by atoms with Crippen LogP contribution in [0.5, 0.6) is 0 Å². The molecule has 3 nitrogen and oxygen atoms in total. The van der Waals surface area contributed by atoms with Crippen LogP contribution in [0, 0.1) is 12.8 Å². The lowest BCUT2D eigenvalue weighted by atomic mass is 10.1. The van der Waals surface area contributed by atoms with Gasteiger partial charge in [-0.15, -0.1) is 0 Å². The summed E-state index contributed by atoms with van der Waals surface area (Å²) in [6, 6.07) is 8.09. The number of hydrogen-bond acceptors (Lipinski definition) is 3. The number of benzene rings is 1. The summed E-state index contributed by atoms with van der Waals surface area (Å²) >= 11 is 0. The predicted octanol–water partition coefficient (Wildman–Crippen LogP) is 1.47. The summed E-state index contributed by atoms with van der Waals surface area (Å²) in [5, 5.41) is -0.264. The molecule has 1 aliphatic carbocycles. The number of nitrogens with two attached hydrogens (primary N) is 1. The molecular weight excluding hydrogens is 234 g/mol. The summed E-state index contributed by atoms with van der Waals surface area (Å²) < 4.78 is 23.9. The van der Waals surface area contributed by atoms with Gasteiger partial charge in [-0.05, 0) is 24.9 Å². The molecule has 94 valence electrons. The Labute approximate surface area is 103 Å². The summed E-state index contributed by atoms with van der Waals surface area (Å²) in [5.41, 5.74) is 7.96. The van der Waals surface area contributed by atoms with Gasteiger partial charge in [0.05, 0.1) is 5.25 Å². The molecule has 17 heavy (non-hydrogen) atoms. The van der Waals surface area contributed by atoms with Crippen LogP contribution < -0.4 is 5.73 Å². The van der Waals surface area contributed by atoms with E-state index in [1.54, 1.807) is 6.92 Å². The van der Waals surface area contributed by atoms with Gasteiger partial charge in [-0.1, -0.05) is 36.8 Å². The van der Waals surface area contributed by atoms with E-state index in [0.29, 0.717) is 6.54 Å². The molecule has 0 amide bonds. The van der Waals surface area contributed by atoms with Crippen molar-refractivity contribution in [2.24, 2.45) is 11.7 Å². The first-order valence-corrected chi connectivity index (χ1v) is 7.71. The lowest BCUT2D eigenvalue weighted by Crippen LogP contribution is -2.15. The molecule has 0 aromatic heterocycles. The van der Waals surface area contributed by atoms with E-state index in [0.717, 1.165) is 5.56 Å². The second kappa shape index (κ2) is 4.42. The van der Waals surface area contributed by atoms with E-state index in [-0.39, 0.29) is 22.8 Å². The van der Waals surface area contributed by atoms with Crippen molar-refractivity contribution in [2.45, 2.75) is 25.0 Å². The zero-order chi connectivity index (χ0) is 12.6. The Kier molecular flexibility index (Phi) is 3.27. The second-order valence-electron chi connectivity index (χ2n) is 4.75. The molecule has 2 N–H and O–H groups in total. The molecule has 0 unspecified atom stereocenters. The normalized spacial score (nSPS) is 28.1. The van der Waals surface area contributed by atoms with Crippen LogP contribution in [0.3, 0.4) is 0 Å². The molecule has 1 aromatic carbocycles. The van der Waals surface area contributed by atoms with Gasteiger partial charge in [-0.3, -0.25) is 0 Å². The minimum atomic E-state index is -2.97. The van der Waals surface area contributed by atoms with Crippen molar-refractivity contribution in [3.05, 3.63) is 35.4 Å². The third-order valence-corrected chi connectivity index (χ3v) is 5.92. The smallest absolute Gasteiger partial charge is 0.153 e. The van der Waals surface area contributed by atoms with Crippen LogP contribution in [0.25, 0.3) is 0 Å². The lowest BCUT2D eigenvalue weighted by molar-refractivity contribution is 0.593. The van der Waals surface area contributed by atoms with Crippen molar-refractivity contribution >= 4 is 9.84 Å². The van der Waals surface area contributed by atoms with E-state index in [1.807, 2.05) is 31.2 Å². The molecule has 1 aliphatic rings. The fourth-order valence-corrected chi connectivity index (χ4v) is 4.44. The SMILES string of the molecule is CCS(=O)(=O)[C@@H]1[C@H](CN)[C@H]1c1ccc(C)cc1. The average molecular weight is 253 g/mol. The molecule has 1 fully saturated rings. The van der Waals surface area contributed by atoms with Crippen molar-refractivity contribution < 1.29 is 8.42 Å². The number of hydrogen-bond donors (Lipinski definition) is 1. The molecule has 0 saturated heterocycles. The molecule has 2 rings (SSSR count). The summed E-state index contributed by atoms with van der Waals surface area (Å²) in [5.74, 6) is 0.407. The fourth-order valence-electron chi connectivity index (χ4n) is 2.53. The Hall–Kier alpha value is -0.870. The monoisotopic (exact) mass is 253 g/mol. The molecule has 3 atom stereocenters. The van der Waals surface area contributed by atoms with Gasteiger partial charge in [0.2, 0.25) is 0 Å². The van der Waals surface area contributed by atoms with Crippen molar-refractivity contribution in [1.82, 2.24) is 0 Å². The largest absolute Gasteiger partial charge is 0.330 e. The van der Waals surface area contributed by atoms with Crippen molar-refractivity contribution in [3.63, 3.8) is 0 Å². The highest BCUT2D eigenvalue weighted by molar-refractivity contribution is 7.92. The Morgan fingerprint density at radius 1 is 1.24 bits per heavy atom. The van der Waals surface area contributed by atoms with Gasteiger partial charge in [0.25, 0.3) is 0 Å². The summed E-state index contributed by atoms with van der Waals surface area (Å²) in [4.78, 5) is 0. The van der Waals surface area contributed by atoms with Crippen molar-refractivity contribution in [1.29, 1.82) is 0 Å². The molecule has 0 spiro atoms. The second-order valence-corrected chi connectivity index (χ2v) is 7.20. The molecule has 0 heterocycles. The van der Waals surface area contributed by atoms with E-state index >= 15 is 0 Å². The Morgan fingerprint density at radius 2 is 1.82 bits per heavy atom. The van der Waals surface area contributed by atoms with E-state index in [4.69, 9.17) is 5.73 Å². The lowest BCUT2D eigenvalue weighted by Gasteiger charge is -2.01. The number of sulfone groups is 1. The minimum absolute atomic E-state index is 0.0997. The van der Waals surface area contributed by atoms with Crippen LogP contribution in [0.2, 0.25) is 0 Å². The highest BCUT2D eigenvalue weighted by Gasteiger charge is 2.56. The van der Waals surface area contributed by atoms with Gasteiger partial charge in [-0.2, -0.15) is 0 Å². The van der Waals surface area contributed by atoms with Gasteiger partial charge in [0.15, 0.2) is 9.84 Å². The van der Waals surface area contributed by atoms with Crippen LogP contribution in [0.1, 0.15) is 24.0 Å². The van der Waals surface area contributed by atoms with Crippen LogP contribution in [0.4, 0.5) is 0 Å². The van der Waals surface area contributed by atoms with E-state index in [9.17, 15) is 8.42 Å². The molecule has 0 aliphatic heterocycles. The quantitative estimate of drug-likeness (QED) is 0.884. The predicted molar refractivity (Wildman–Crippen MR) is 69.7 cm³/mol. The maximum absolute atomic E-state index is 11.9. The average Bonchev–Trinajstić information content (AvgIpc) is 3.05. The van der Waals surface area contributed by atoms with Crippen LogP contribution in [-0.2, 0) is 9.84 Å². The van der Waals surface area contributed by atoms with Gasteiger partial charge in [-0.25, -0.2) is 8.42 Å². The zero-order valence-corrected chi connectivity index (χ0v) is 11.1. The maximum Gasteiger partial charge on any atom is 0.153 e. The standard InChI is InChI=1S/C13H19NO2S/c1-3-17(15,16)13-11(8-14)12(13)10-6-4-9(2)5-7-10/h4-7,11-13H,3,8,14H2,1-2H3/t11-,12-,13-/m1/s1. The first-order chi connectivity index (χ1) is 8.01. The third kappa shape index (κ3) is 2.24. The van der Waals surface area contributed by atoms with Crippen LogP contribution >= 0.6 is 0 Å². The Bertz CT molecular complexity index is 493. The van der Waals surface area contributed by atoms with E-state index < -0.39 is 9.84 Å². The summed E-state index contributed by atoms with van der Waals surface area (Å²) in [7, 11) is -2.97. The fraction of sp³-hybridized carbons (Fsp3) is 0.538. The van der Waals surface area contributed by atoms with Gasteiger partial charge in [0.1, 0.15) is 0 Å². The molecular formula is C13H19NO2S. The zero-order valence-electron chi connectivity index (χ0n) is 10.3. The number of rotatable bonds is 4. The molecule has 0 radical (unpaired) electrons. The first-order valence-electron chi connectivity index (χ1n) is 5.99. The minimum Gasteiger partial charge on any atom is -0.330 e. The van der Waals surface area contributed by atoms with Crippen LogP contribution in [0.15, 0.2) is 24.3 Å². The first kappa shape index (κ1) is 12.6. The molecule has 1 aromatic rings. The highest BCUT2D eigenvalue weighted by atomic mass is 32.2. The van der Waals surface area contributed by atoms with Gasteiger partial charge < -0.3 is 5.73 Å². The third-order valence-electron chi connectivity index (χ3n) is 3.65. The highest BCUT2D eigenvalue weighted by Crippen LogP contribution is 2.51. The summed E-state index contributed by atoms with van der Waals surface area (Å²) in [6.07, 6.45) is 0. The molecule has 4 heteroatoms. The maximum atomic E-state index is 11.9. The van der Waals surface area contributed by atoms with E-state index in [1.165, 1.54) is 5.56 Å². The summed E-state index contributed by atoms with van der Waals surface area (Å²) in [6.45, 7) is 4.17. The molecule has 1 saturated carbocycles. The van der Waals surface area contributed by atoms with Crippen molar-refractivity contribution in [3.8, 4) is 0 Å². The van der Waals surface area contributed by atoms with Gasteiger partial charge >= 0.3 is 0 Å².